The summed E-state index contributed by atoms with van der Waals surface area (Å²) in [6.07, 6.45) is 0. The van der Waals surface area contributed by atoms with Crippen molar-refractivity contribution >= 4 is 35.0 Å². The van der Waals surface area contributed by atoms with Gasteiger partial charge in [0, 0.05) is 12.6 Å². The maximum atomic E-state index is 12.1. The highest BCUT2D eigenvalue weighted by atomic mass is 35.5. The zero-order valence-electron chi connectivity index (χ0n) is 12.7. The molecule has 3 atom stereocenters. The van der Waals surface area contributed by atoms with Crippen LogP contribution in [0.25, 0.3) is 0 Å². The summed E-state index contributed by atoms with van der Waals surface area (Å²) in [6.45, 7) is 5.16. The van der Waals surface area contributed by atoms with Crippen molar-refractivity contribution in [3.8, 4) is 0 Å². The van der Waals surface area contributed by atoms with Gasteiger partial charge in [0.05, 0.1) is 15.6 Å². The van der Waals surface area contributed by atoms with Gasteiger partial charge in [0.1, 0.15) is 6.04 Å². The monoisotopic (exact) mass is 346 g/mol. The van der Waals surface area contributed by atoms with E-state index in [-0.39, 0.29) is 40.1 Å². The van der Waals surface area contributed by atoms with Gasteiger partial charge >= 0.3 is 0 Å². The second-order valence-electron chi connectivity index (χ2n) is 5.25. The number of carbonyl (C=O) groups is 2. The predicted octanol–water partition coefficient (Wildman–Crippen LogP) is 2.24. The summed E-state index contributed by atoms with van der Waals surface area (Å²) in [5.74, 6) is -0.883. The zero-order chi connectivity index (χ0) is 16.9. The highest BCUT2D eigenvalue weighted by molar-refractivity contribution is 6.43. The van der Waals surface area contributed by atoms with Gasteiger partial charge in [-0.2, -0.15) is 0 Å². The van der Waals surface area contributed by atoms with E-state index >= 15 is 0 Å². The number of aliphatic hydroxyl groups is 1. The van der Waals surface area contributed by atoms with E-state index < -0.39 is 11.9 Å². The average Bonchev–Trinajstić information content (AvgIpc) is 2.48. The van der Waals surface area contributed by atoms with Gasteiger partial charge in [-0.15, -0.1) is 0 Å². The summed E-state index contributed by atoms with van der Waals surface area (Å²) < 4.78 is 0. The molecule has 2 amide bonds. The van der Waals surface area contributed by atoms with Crippen LogP contribution >= 0.6 is 23.2 Å². The largest absolute Gasteiger partial charge is 0.396 e. The Hall–Kier alpha value is -1.30. The number of hydrogen-bond donors (Lipinski definition) is 3. The summed E-state index contributed by atoms with van der Waals surface area (Å²) in [4.78, 5) is 24.2. The van der Waals surface area contributed by atoms with Gasteiger partial charge in [-0.1, -0.05) is 36.2 Å². The Morgan fingerprint density at radius 2 is 1.82 bits per heavy atom. The van der Waals surface area contributed by atoms with Crippen LogP contribution in [-0.2, 0) is 4.79 Å². The molecular weight excluding hydrogens is 327 g/mol. The number of hydrogen-bond acceptors (Lipinski definition) is 3. The first kappa shape index (κ1) is 18.7. The van der Waals surface area contributed by atoms with Crippen LogP contribution in [0.5, 0.6) is 0 Å². The van der Waals surface area contributed by atoms with Crippen LogP contribution in [0.1, 0.15) is 31.1 Å². The van der Waals surface area contributed by atoms with Crippen LogP contribution in [0.4, 0.5) is 0 Å². The van der Waals surface area contributed by atoms with E-state index in [0.717, 1.165) is 0 Å². The molecule has 7 heteroatoms. The van der Waals surface area contributed by atoms with E-state index in [1.807, 2.05) is 6.92 Å². The molecule has 5 nitrogen and oxygen atoms in total. The van der Waals surface area contributed by atoms with Crippen LogP contribution in [-0.4, -0.2) is 35.6 Å². The van der Waals surface area contributed by atoms with Gasteiger partial charge in [0.25, 0.3) is 5.91 Å². The van der Waals surface area contributed by atoms with Crippen molar-refractivity contribution in [2.75, 3.05) is 6.61 Å². The quantitative estimate of drug-likeness (QED) is 0.739. The van der Waals surface area contributed by atoms with Crippen molar-refractivity contribution in [1.82, 2.24) is 10.6 Å². The van der Waals surface area contributed by atoms with Gasteiger partial charge in [-0.05, 0) is 31.9 Å². The molecule has 1 rings (SSSR count). The summed E-state index contributed by atoms with van der Waals surface area (Å²) in [5.41, 5.74) is 0.214. The normalized spacial score (nSPS) is 14.8. The number of carbonyl (C=O) groups excluding carboxylic acids is 2. The summed E-state index contributed by atoms with van der Waals surface area (Å²) in [6, 6.07) is 3.78. The lowest BCUT2D eigenvalue weighted by Gasteiger charge is -2.22. The second kappa shape index (κ2) is 8.36. The van der Waals surface area contributed by atoms with Gasteiger partial charge < -0.3 is 15.7 Å². The van der Waals surface area contributed by atoms with Crippen LogP contribution in [0, 0.1) is 5.92 Å². The van der Waals surface area contributed by atoms with E-state index in [1.54, 1.807) is 26.0 Å². The number of benzene rings is 1. The molecule has 1 aromatic carbocycles. The molecule has 3 unspecified atom stereocenters. The lowest BCUT2D eigenvalue weighted by atomic mass is 10.0. The predicted molar refractivity (Wildman–Crippen MR) is 87.2 cm³/mol. The minimum absolute atomic E-state index is 0.0275. The Labute approximate surface area is 140 Å². The molecular formula is C15H20Cl2N2O3. The molecule has 0 aromatic heterocycles. The third kappa shape index (κ3) is 4.87. The lowest BCUT2D eigenvalue weighted by Crippen LogP contribution is -2.49. The number of halogens is 2. The molecule has 0 aliphatic rings. The van der Waals surface area contributed by atoms with Crippen LogP contribution in [0.15, 0.2) is 18.2 Å². The minimum atomic E-state index is -0.740. The Kier molecular flexibility index (Phi) is 7.13. The molecule has 0 heterocycles. The maximum Gasteiger partial charge on any atom is 0.253 e. The molecule has 0 fully saturated rings. The summed E-state index contributed by atoms with van der Waals surface area (Å²) in [5, 5.41) is 14.8. The fraction of sp³-hybridized carbons (Fsp3) is 0.467. The second-order valence-corrected chi connectivity index (χ2v) is 6.04. The van der Waals surface area contributed by atoms with E-state index in [0.29, 0.717) is 0 Å². The van der Waals surface area contributed by atoms with E-state index in [1.165, 1.54) is 6.07 Å². The summed E-state index contributed by atoms with van der Waals surface area (Å²) >= 11 is 11.8. The molecule has 0 bridgehead atoms. The van der Waals surface area contributed by atoms with Crippen molar-refractivity contribution in [3.63, 3.8) is 0 Å². The molecule has 0 aliphatic carbocycles. The molecule has 0 saturated carbocycles. The molecule has 3 N–H and O–H groups in total. The highest BCUT2D eigenvalue weighted by Crippen LogP contribution is 2.25. The van der Waals surface area contributed by atoms with E-state index in [9.17, 15) is 9.59 Å². The fourth-order valence-electron chi connectivity index (χ4n) is 1.67. The van der Waals surface area contributed by atoms with Crippen molar-refractivity contribution in [2.24, 2.45) is 5.92 Å². The first-order chi connectivity index (χ1) is 10.3. The number of aliphatic hydroxyl groups excluding tert-OH is 1. The average molecular weight is 347 g/mol. The van der Waals surface area contributed by atoms with Crippen LogP contribution in [0.3, 0.4) is 0 Å². The third-order valence-corrected chi connectivity index (χ3v) is 4.27. The minimum Gasteiger partial charge on any atom is -0.396 e. The first-order valence-corrected chi connectivity index (χ1v) is 7.69. The topological polar surface area (TPSA) is 78.4 Å². The molecule has 0 radical (unpaired) electrons. The summed E-state index contributed by atoms with van der Waals surface area (Å²) in [7, 11) is 0. The van der Waals surface area contributed by atoms with Gasteiger partial charge in [0.15, 0.2) is 0 Å². The SMILES string of the molecule is CC(NC(=O)c1cccc(Cl)c1Cl)C(=O)NC(C)C(C)CO. The van der Waals surface area contributed by atoms with Crippen LogP contribution < -0.4 is 10.6 Å². The molecule has 0 saturated heterocycles. The lowest BCUT2D eigenvalue weighted by molar-refractivity contribution is -0.123. The number of rotatable bonds is 6. The third-order valence-electron chi connectivity index (χ3n) is 3.45. The Morgan fingerprint density at radius 1 is 1.18 bits per heavy atom. The Balaban J connectivity index is 2.68. The van der Waals surface area contributed by atoms with Crippen LogP contribution in [0.2, 0.25) is 10.0 Å². The number of amides is 2. The molecule has 0 spiro atoms. The Bertz CT molecular complexity index is 552. The highest BCUT2D eigenvalue weighted by Gasteiger charge is 2.21. The van der Waals surface area contributed by atoms with E-state index in [4.69, 9.17) is 28.3 Å². The van der Waals surface area contributed by atoms with Gasteiger partial charge in [-0.3, -0.25) is 9.59 Å². The smallest absolute Gasteiger partial charge is 0.253 e. The van der Waals surface area contributed by atoms with Crippen molar-refractivity contribution in [3.05, 3.63) is 33.8 Å². The molecule has 122 valence electrons. The number of nitrogens with one attached hydrogen (secondary N) is 2. The Morgan fingerprint density at radius 3 is 2.41 bits per heavy atom. The van der Waals surface area contributed by atoms with Gasteiger partial charge in [0.2, 0.25) is 5.91 Å². The van der Waals surface area contributed by atoms with Crippen molar-refractivity contribution < 1.29 is 14.7 Å². The maximum absolute atomic E-state index is 12.1. The standard InChI is InChI=1S/C15H20Cl2N2O3/c1-8(7-20)9(2)18-14(21)10(3)19-15(22)11-5-4-6-12(16)13(11)17/h4-6,8-10,20H,7H2,1-3H3,(H,18,21)(H,19,22). The zero-order valence-corrected chi connectivity index (χ0v) is 14.2. The molecule has 1 aromatic rings. The first-order valence-electron chi connectivity index (χ1n) is 6.94. The van der Waals surface area contributed by atoms with E-state index in [2.05, 4.69) is 10.6 Å². The fourth-order valence-corrected chi connectivity index (χ4v) is 2.06. The molecule has 0 aliphatic heterocycles. The van der Waals surface area contributed by atoms with Crippen molar-refractivity contribution in [2.45, 2.75) is 32.9 Å². The molecule has 22 heavy (non-hydrogen) atoms. The van der Waals surface area contributed by atoms with Crippen molar-refractivity contribution in [1.29, 1.82) is 0 Å². The van der Waals surface area contributed by atoms with Gasteiger partial charge in [-0.25, -0.2) is 0 Å².